The van der Waals surface area contributed by atoms with Crippen LogP contribution in [0.5, 0.6) is 0 Å². The van der Waals surface area contributed by atoms with Crippen molar-refractivity contribution in [3.8, 4) is 0 Å². The van der Waals surface area contributed by atoms with E-state index in [2.05, 4.69) is 27.2 Å². The Hall–Kier alpha value is -2.04. The van der Waals surface area contributed by atoms with Crippen molar-refractivity contribution in [2.24, 2.45) is 16.6 Å². The number of hydrogen-bond donors (Lipinski definition) is 2. The van der Waals surface area contributed by atoms with Crippen LogP contribution in [0.4, 0.5) is 5.69 Å². The fraction of sp³-hybridized carbons (Fsp3) is 0.609. The fourth-order valence-corrected chi connectivity index (χ4v) is 4.40. The molecule has 1 unspecified atom stereocenters. The molecule has 0 aliphatic carbocycles. The van der Waals surface area contributed by atoms with Crippen molar-refractivity contribution in [2.75, 3.05) is 57.3 Å². The maximum atomic E-state index is 12.7. The highest BCUT2D eigenvalue weighted by molar-refractivity contribution is 14.0. The molecule has 9 heteroatoms. The first-order valence-electron chi connectivity index (χ1n) is 11.5. The third-order valence-electron chi connectivity index (χ3n) is 5.98. The summed E-state index contributed by atoms with van der Waals surface area (Å²) in [5.41, 5.74) is 6.59. The number of guanidine groups is 1. The Labute approximate surface area is 208 Å². The summed E-state index contributed by atoms with van der Waals surface area (Å²) in [5, 5.41) is 3.33. The molecular weight excluding hydrogens is 519 g/mol. The molecule has 0 bridgehead atoms. The molecule has 32 heavy (non-hydrogen) atoms. The van der Waals surface area contributed by atoms with Crippen molar-refractivity contribution in [2.45, 2.75) is 32.6 Å². The number of piperazine rings is 1. The maximum absolute atomic E-state index is 12.7. The Morgan fingerprint density at radius 2 is 1.81 bits per heavy atom. The van der Waals surface area contributed by atoms with Crippen LogP contribution in [-0.4, -0.2) is 79.9 Å². The molecule has 2 aliphatic heterocycles. The van der Waals surface area contributed by atoms with Crippen LogP contribution in [0.3, 0.4) is 0 Å². The molecule has 8 nitrogen and oxygen atoms in total. The number of piperidine rings is 1. The number of likely N-dealkylation sites (tertiary alicyclic amines) is 1. The smallest absolute Gasteiger partial charge is 0.224 e. The SMILES string of the molecule is CCNC(=NCCC(=O)N1CCN(c2ccccc2)CC1)N1CCCC(CC(N)=O)C1.I. The molecule has 1 aromatic rings. The van der Waals surface area contributed by atoms with E-state index in [0.29, 0.717) is 19.4 Å². The highest BCUT2D eigenvalue weighted by atomic mass is 127. The normalized spacial score (nSPS) is 19.3. The van der Waals surface area contributed by atoms with Gasteiger partial charge in [-0.3, -0.25) is 14.6 Å². The summed E-state index contributed by atoms with van der Waals surface area (Å²) in [6, 6.07) is 10.3. The standard InChI is InChI=1S/C23H36N6O2.HI/c1-2-25-23(29-12-6-7-19(18-29)17-21(24)30)26-11-10-22(31)28-15-13-27(14-16-28)20-8-4-3-5-9-20;/h3-5,8-9,19H,2,6-7,10-18H2,1H3,(H2,24,30)(H,25,26);1H. The van der Waals surface area contributed by atoms with Gasteiger partial charge in [0.1, 0.15) is 0 Å². The lowest BCUT2D eigenvalue weighted by atomic mass is 9.95. The van der Waals surface area contributed by atoms with Gasteiger partial charge in [0.2, 0.25) is 11.8 Å². The van der Waals surface area contributed by atoms with E-state index in [4.69, 9.17) is 10.7 Å². The van der Waals surface area contributed by atoms with Crippen LogP contribution >= 0.6 is 24.0 Å². The number of nitrogens with zero attached hydrogens (tertiary/aromatic N) is 4. The molecule has 178 valence electrons. The Bertz CT molecular complexity index is 752. The summed E-state index contributed by atoms with van der Waals surface area (Å²) in [6.45, 7) is 8.19. The third kappa shape index (κ3) is 7.83. The minimum absolute atomic E-state index is 0. The number of rotatable bonds is 7. The van der Waals surface area contributed by atoms with Crippen molar-refractivity contribution in [1.29, 1.82) is 0 Å². The van der Waals surface area contributed by atoms with E-state index in [9.17, 15) is 9.59 Å². The van der Waals surface area contributed by atoms with Gasteiger partial charge in [-0.25, -0.2) is 0 Å². The lowest BCUT2D eigenvalue weighted by Crippen LogP contribution is -2.49. The summed E-state index contributed by atoms with van der Waals surface area (Å²) in [4.78, 5) is 35.1. The summed E-state index contributed by atoms with van der Waals surface area (Å²) in [7, 11) is 0. The average molecular weight is 556 g/mol. The van der Waals surface area contributed by atoms with E-state index >= 15 is 0 Å². The van der Waals surface area contributed by atoms with Gasteiger partial charge in [0.05, 0.1) is 6.54 Å². The van der Waals surface area contributed by atoms with Gasteiger partial charge in [-0.1, -0.05) is 18.2 Å². The maximum Gasteiger partial charge on any atom is 0.224 e. The predicted molar refractivity (Wildman–Crippen MR) is 139 cm³/mol. The highest BCUT2D eigenvalue weighted by Gasteiger charge is 2.24. The number of anilines is 1. The van der Waals surface area contributed by atoms with E-state index in [-0.39, 0.29) is 41.7 Å². The molecule has 1 atom stereocenters. The zero-order valence-electron chi connectivity index (χ0n) is 19.0. The molecule has 0 aromatic heterocycles. The molecule has 2 saturated heterocycles. The lowest BCUT2D eigenvalue weighted by molar-refractivity contribution is -0.131. The molecule has 1 aromatic carbocycles. The van der Waals surface area contributed by atoms with Crippen LogP contribution in [-0.2, 0) is 9.59 Å². The Kier molecular flexibility index (Phi) is 11.1. The Morgan fingerprint density at radius 1 is 1.09 bits per heavy atom. The molecule has 0 radical (unpaired) electrons. The summed E-state index contributed by atoms with van der Waals surface area (Å²) >= 11 is 0. The molecule has 2 amide bonds. The number of para-hydroxylation sites is 1. The molecule has 2 heterocycles. The van der Waals surface area contributed by atoms with Gasteiger partial charge in [-0.2, -0.15) is 0 Å². The lowest BCUT2D eigenvalue weighted by Gasteiger charge is -2.36. The first-order chi connectivity index (χ1) is 15.1. The summed E-state index contributed by atoms with van der Waals surface area (Å²) in [5.74, 6) is 1.03. The van der Waals surface area contributed by atoms with Crippen molar-refractivity contribution in [3.05, 3.63) is 30.3 Å². The van der Waals surface area contributed by atoms with E-state index in [1.54, 1.807) is 0 Å². The predicted octanol–water partition coefficient (Wildman–Crippen LogP) is 1.90. The van der Waals surface area contributed by atoms with Gasteiger partial charge in [-0.15, -0.1) is 24.0 Å². The summed E-state index contributed by atoms with van der Waals surface area (Å²) < 4.78 is 0. The van der Waals surface area contributed by atoms with Crippen LogP contribution in [0.2, 0.25) is 0 Å². The zero-order valence-corrected chi connectivity index (χ0v) is 21.4. The number of hydrogen-bond acceptors (Lipinski definition) is 4. The fourth-order valence-electron chi connectivity index (χ4n) is 4.40. The minimum Gasteiger partial charge on any atom is -0.370 e. The van der Waals surface area contributed by atoms with Gasteiger partial charge in [-0.05, 0) is 37.8 Å². The van der Waals surface area contributed by atoms with Gasteiger partial charge in [0.15, 0.2) is 5.96 Å². The van der Waals surface area contributed by atoms with Crippen molar-refractivity contribution >= 4 is 47.4 Å². The van der Waals surface area contributed by atoms with Crippen LogP contribution < -0.4 is 16.0 Å². The number of amides is 2. The number of primary amides is 1. The minimum atomic E-state index is -0.244. The second kappa shape index (κ2) is 13.5. The van der Waals surface area contributed by atoms with Crippen molar-refractivity contribution in [1.82, 2.24) is 15.1 Å². The number of aliphatic imine (C=N–C) groups is 1. The molecular formula is C23H37IN6O2. The highest BCUT2D eigenvalue weighted by Crippen LogP contribution is 2.19. The van der Waals surface area contributed by atoms with Crippen LogP contribution in [0.1, 0.15) is 32.6 Å². The van der Waals surface area contributed by atoms with Gasteiger partial charge in [0.25, 0.3) is 0 Å². The molecule has 0 spiro atoms. The van der Waals surface area contributed by atoms with Crippen LogP contribution in [0.25, 0.3) is 0 Å². The Balaban J connectivity index is 0.00000363. The van der Waals surface area contributed by atoms with E-state index in [1.165, 1.54) is 5.69 Å². The van der Waals surface area contributed by atoms with Gasteiger partial charge in [0, 0.05) is 64.3 Å². The largest absolute Gasteiger partial charge is 0.370 e. The number of nitrogens with two attached hydrogens (primary N) is 1. The number of carbonyl (C=O) groups excluding carboxylic acids is 2. The second-order valence-electron chi connectivity index (χ2n) is 8.31. The average Bonchev–Trinajstić information content (AvgIpc) is 2.79. The van der Waals surface area contributed by atoms with Crippen molar-refractivity contribution < 1.29 is 9.59 Å². The zero-order chi connectivity index (χ0) is 22.1. The van der Waals surface area contributed by atoms with Gasteiger partial charge >= 0.3 is 0 Å². The third-order valence-corrected chi connectivity index (χ3v) is 5.98. The number of nitrogens with one attached hydrogen (secondary N) is 1. The van der Waals surface area contributed by atoms with E-state index in [1.807, 2.05) is 30.0 Å². The van der Waals surface area contributed by atoms with Crippen LogP contribution in [0, 0.1) is 5.92 Å². The molecule has 3 rings (SSSR count). The first-order valence-corrected chi connectivity index (χ1v) is 11.5. The number of halogens is 1. The molecule has 0 saturated carbocycles. The first kappa shape index (κ1) is 26.2. The van der Waals surface area contributed by atoms with Gasteiger partial charge < -0.3 is 25.8 Å². The topological polar surface area (TPSA) is 94.3 Å². The number of benzene rings is 1. The quantitative estimate of drug-likeness (QED) is 0.304. The molecule has 2 aliphatic rings. The monoisotopic (exact) mass is 556 g/mol. The van der Waals surface area contributed by atoms with E-state index in [0.717, 1.165) is 64.6 Å². The second-order valence-corrected chi connectivity index (χ2v) is 8.31. The molecule has 3 N–H and O–H groups in total. The molecule has 2 fully saturated rings. The number of carbonyl (C=O) groups is 2. The van der Waals surface area contributed by atoms with Crippen LogP contribution in [0.15, 0.2) is 35.3 Å². The summed E-state index contributed by atoms with van der Waals surface area (Å²) in [6.07, 6.45) is 2.88. The van der Waals surface area contributed by atoms with E-state index < -0.39 is 0 Å². The van der Waals surface area contributed by atoms with Crippen molar-refractivity contribution in [3.63, 3.8) is 0 Å². The Morgan fingerprint density at radius 3 is 2.47 bits per heavy atom.